The van der Waals surface area contributed by atoms with Gasteiger partial charge in [-0.25, -0.2) is 4.72 Å². The van der Waals surface area contributed by atoms with Crippen molar-refractivity contribution in [2.24, 2.45) is 11.7 Å². The Morgan fingerprint density at radius 1 is 1.41 bits per heavy atom. The Morgan fingerprint density at radius 2 is 1.94 bits per heavy atom. The van der Waals surface area contributed by atoms with Gasteiger partial charge in [0.05, 0.1) is 10.5 Å². The van der Waals surface area contributed by atoms with Gasteiger partial charge in [-0.05, 0) is 18.8 Å². The molecule has 0 aromatic carbocycles. The van der Waals surface area contributed by atoms with E-state index in [0.717, 1.165) is 12.8 Å². The molecule has 0 bridgehead atoms. The van der Waals surface area contributed by atoms with Gasteiger partial charge < -0.3 is 5.73 Å². The van der Waals surface area contributed by atoms with Crippen LogP contribution >= 0.6 is 12.2 Å². The minimum Gasteiger partial charge on any atom is -0.392 e. The van der Waals surface area contributed by atoms with Crippen LogP contribution in [0.1, 0.15) is 39.5 Å². The monoisotopic (exact) mass is 279 g/mol. The zero-order valence-electron chi connectivity index (χ0n) is 10.3. The van der Waals surface area contributed by atoms with E-state index in [9.17, 15) is 8.42 Å². The average Bonchev–Trinajstić information content (AvgIpc) is 2.64. The van der Waals surface area contributed by atoms with Gasteiger partial charge in [0.1, 0.15) is 0 Å². The molecular formula is C10H21N3O2S2. The third kappa shape index (κ3) is 4.17. The van der Waals surface area contributed by atoms with E-state index in [1.165, 1.54) is 0 Å². The molecule has 1 aliphatic rings. The zero-order chi connectivity index (χ0) is 13.1. The molecule has 0 radical (unpaired) electrons. The molecule has 100 valence electrons. The van der Waals surface area contributed by atoms with Gasteiger partial charge in [0, 0.05) is 6.54 Å². The van der Waals surface area contributed by atoms with E-state index >= 15 is 0 Å². The molecule has 0 atom stereocenters. The predicted octanol–water partition coefficient (Wildman–Crippen LogP) is 0.665. The fraction of sp³-hybridized carbons (Fsp3) is 0.900. The molecule has 1 saturated carbocycles. The molecule has 0 aliphatic heterocycles. The second-order valence-corrected chi connectivity index (χ2v) is 6.94. The Kier molecular flexibility index (Phi) is 4.88. The molecular weight excluding hydrogens is 258 g/mol. The summed E-state index contributed by atoms with van der Waals surface area (Å²) in [6.07, 6.45) is 3.27. The fourth-order valence-corrected chi connectivity index (χ4v) is 3.72. The number of rotatable bonds is 6. The van der Waals surface area contributed by atoms with E-state index in [0.29, 0.717) is 19.4 Å². The highest BCUT2D eigenvalue weighted by molar-refractivity contribution is 7.87. The van der Waals surface area contributed by atoms with Crippen LogP contribution in [0.5, 0.6) is 0 Å². The van der Waals surface area contributed by atoms with Crippen molar-refractivity contribution < 1.29 is 8.42 Å². The minimum atomic E-state index is -3.53. The van der Waals surface area contributed by atoms with Crippen molar-refractivity contribution in [3.05, 3.63) is 0 Å². The molecule has 0 spiro atoms. The molecule has 7 heteroatoms. The smallest absolute Gasteiger partial charge is 0.277 e. The van der Waals surface area contributed by atoms with Crippen molar-refractivity contribution in [1.29, 1.82) is 0 Å². The first kappa shape index (κ1) is 14.8. The molecule has 1 rings (SSSR count). The zero-order valence-corrected chi connectivity index (χ0v) is 12.0. The predicted molar refractivity (Wildman–Crippen MR) is 72.9 cm³/mol. The number of thiocarbonyl (C=S) groups is 1. The van der Waals surface area contributed by atoms with E-state index in [1.54, 1.807) is 0 Å². The van der Waals surface area contributed by atoms with Crippen molar-refractivity contribution in [2.75, 3.05) is 6.54 Å². The standard InChI is InChI=1S/C10H21N3O2S2/c1-8(2)7-12-17(14,15)13-10(9(11)16)5-3-4-6-10/h8,12-13H,3-7H2,1-2H3,(H2,11,16). The molecule has 1 fully saturated rings. The third-order valence-corrected chi connectivity index (χ3v) is 4.54. The molecule has 0 aromatic heterocycles. The first-order valence-electron chi connectivity index (χ1n) is 5.86. The summed E-state index contributed by atoms with van der Waals surface area (Å²) >= 11 is 4.99. The van der Waals surface area contributed by atoms with Gasteiger partial charge >= 0.3 is 0 Å². The topological polar surface area (TPSA) is 84.2 Å². The summed E-state index contributed by atoms with van der Waals surface area (Å²) in [7, 11) is -3.53. The van der Waals surface area contributed by atoms with Crippen LogP contribution in [0.15, 0.2) is 0 Å². The molecule has 0 heterocycles. The third-order valence-electron chi connectivity index (χ3n) is 2.94. The lowest BCUT2D eigenvalue weighted by Gasteiger charge is -2.28. The molecule has 5 nitrogen and oxygen atoms in total. The van der Waals surface area contributed by atoms with Gasteiger partial charge in [-0.1, -0.05) is 38.9 Å². The minimum absolute atomic E-state index is 0.241. The summed E-state index contributed by atoms with van der Waals surface area (Å²) < 4.78 is 28.9. The van der Waals surface area contributed by atoms with Gasteiger partial charge in [0.25, 0.3) is 10.2 Å². The second-order valence-electron chi connectivity index (χ2n) is 5.00. The van der Waals surface area contributed by atoms with Crippen LogP contribution < -0.4 is 15.2 Å². The van der Waals surface area contributed by atoms with Gasteiger partial charge in [0.15, 0.2) is 0 Å². The maximum Gasteiger partial charge on any atom is 0.277 e. The van der Waals surface area contributed by atoms with Crippen LogP contribution in [0.2, 0.25) is 0 Å². The summed E-state index contributed by atoms with van der Waals surface area (Å²) in [4.78, 5) is 0.241. The van der Waals surface area contributed by atoms with Crippen molar-refractivity contribution in [3.63, 3.8) is 0 Å². The van der Waals surface area contributed by atoms with Crippen LogP contribution in [0.25, 0.3) is 0 Å². The Hall–Kier alpha value is -0.240. The van der Waals surface area contributed by atoms with Crippen LogP contribution in [-0.2, 0) is 10.2 Å². The molecule has 0 amide bonds. The normalized spacial score (nSPS) is 19.7. The van der Waals surface area contributed by atoms with Crippen LogP contribution in [0.3, 0.4) is 0 Å². The Morgan fingerprint density at radius 3 is 2.35 bits per heavy atom. The van der Waals surface area contributed by atoms with E-state index in [4.69, 9.17) is 18.0 Å². The molecule has 0 aromatic rings. The average molecular weight is 279 g/mol. The van der Waals surface area contributed by atoms with Gasteiger partial charge in [-0.15, -0.1) is 0 Å². The highest BCUT2D eigenvalue weighted by Crippen LogP contribution is 2.30. The summed E-state index contributed by atoms with van der Waals surface area (Å²) in [5.41, 5.74) is 4.95. The number of nitrogens with one attached hydrogen (secondary N) is 2. The molecule has 0 unspecified atom stereocenters. The SMILES string of the molecule is CC(C)CNS(=O)(=O)NC1(C(N)=S)CCCC1. The van der Waals surface area contributed by atoms with Gasteiger partial charge in [-0.3, -0.25) is 0 Å². The largest absolute Gasteiger partial charge is 0.392 e. The maximum atomic E-state index is 11.9. The first-order valence-corrected chi connectivity index (χ1v) is 7.75. The highest BCUT2D eigenvalue weighted by atomic mass is 32.2. The summed E-state index contributed by atoms with van der Waals surface area (Å²) in [5.74, 6) is 0.260. The van der Waals surface area contributed by atoms with Crippen LogP contribution in [0.4, 0.5) is 0 Å². The van der Waals surface area contributed by atoms with E-state index in [-0.39, 0.29) is 10.9 Å². The van der Waals surface area contributed by atoms with E-state index < -0.39 is 15.7 Å². The number of hydrogen-bond donors (Lipinski definition) is 3. The maximum absolute atomic E-state index is 11.9. The highest BCUT2D eigenvalue weighted by Gasteiger charge is 2.40. The Bertz CT molecular complexity index is 373. The van der Waals surface area contributed by atoms with Gasteiger partial charge in [0.2, 0.25) is 0 Å². The molecule has 1 aliphatic carbocycles. The second kappa shape index (κ2) is 5.60. The number of nitrogens with two attached hydrogens (primary N) is 1. The summed E-state index contributed by atoms with van der Waals surface area (Å²) in [6, 6.07) is 0. The van der Waals surface area contributed by atoms with Crippen molar-refractivity contribution in [3.8, 4) is 0 Å². The van der Waals surface area contributed by atoms with E-state index in [1.807, 2.05) is 13.8 Å². The Balaban J connectivity index is 2.70. The lowest BCUT2D eigenvalue weighted by atomic mass is 10.00. The van der Waals surface area contributed by atoms with Crippen molar-refractivity contribution in [1.82, 2.24) is 9.44 Å². The lowest BCUT2D eigenvalue weighted by Crippen LogP contribution is -2.57. The molecule has 4 N–H and O–H groups in total. The van der Waals surface area contributed by atoms with Gasteiger partial charge in [-0.2, -0.15) is 13.1 Å². The molecule has 17 heavy (non-hydrogen) atoms. The van der Waals surface area contributed by atoms with Crippen LogP contribution in [0, 0.1) is 5.92 Å². The van der Waals surface area contributed by atoms with Crippen molar-refractivity contribution >= 4 is 27.4 Å². The lowest BCUT2D eigenvalue weighted by molar-refractivity contribution is 0.488. The molecule has 0 saturated heterocycles. The fourth-order valence-electron chi connectivity index (χ4n) is 1.95. The Labute approximate surface area is 109 Å². The number of hydrogen-bond acceptors (Lipinski definition) is 3. The summed E-state index contributed by atoms with van der Waals surface area (Å²) in [5, 5.41) is 0. The quantitative estimate of drug-likeness (QED) is 0.624. The van der Waals surface area contributed by atoms with Crippen molar-refractivity contribution in [2.45, 2.75) is 45.1 Å². The van der Waals surface area contributed by atoms with Crippen LogP contribution in [-0.4, -0.2) is 25.5 Å². The summed E-state index contributed by atoms with van der Waals surface area (Å²) in [6.45, 7) is 4.30. The first-order chi connectivity index (χ1) is 7.77. The van der Waals surface area contributed by atoms with E-state index in [2.05, 4.69) is 9.44 Å².